The van der Waals surface area contributed by atoms with Gasteiger partial charge in [-0.1, -0.05) is 0 Å². The van der Waals surface area contributed by atoms with Crippen molar-refractivity contribution >= 4 is 0 Å². The molecule has 4 atom stereocenters. The van der Waals surface area contributed by atoms with Crippen LogP contribution in [0.1, 0.15) is 12.8 Å². The van der Waals surface area contributed by atoms with Crippen LogP contribution in [0.5, 0.6) is 0 Å². The van der Waals surface area contributed by atoms with Crippen molar-refractivity contribution in [3.8, 4) is 0 Å². The van der Waals surface area contributed by atoms with E-state index in [0.717, 1.165) is 13.0 Å². The van der Waals surface area contributed by atoms with Crippen LogP contribution in [0.2, 0.25) is 0 Å². The first-order chi connectivity index (χ1) is 4.84. The van der Waals surface area contributed by atoms with E-state index in [1.165, 1.54) is 6.42 Å². The summed E-state index contributed by atoms with van der Waals surface area (Å²) >= 11 is 0. The topological polar surface area (TPSA) is 43.7 Å². The van der Waals surface area contributed by atoms with Crippen molar-refractivity contribution < 1.29 is 10.2 Å². The van der Waals surface area contributed by atoms with E-state index in [-0.39, 0.29) is 18.9 Å². The molecule has 0 aromatic heterocycles. The molecule has 0 aromatic rings. The van der Waals surface area contributed by atoms with Gasteiger partial charge >= 0.3 is 0 Å². The maximum absolute atomic E-state index is 9.34. The average Bonchev–Trinajstić information content (AvgIpc) is 2.02. The van der Waals surface area contributed by atoms with Gasteiger partial charge in [0.1, 0.15) is 6.23 Å². The summed E-state index contributed by atoms with van der Waals surface area (Å²) in [5, 5.41) is 18.2. The first-order valence-electron chi connectivity index (χ1n) is 3.89. The fourth-order valence-electron chi connectivity index (χ4n) is 2.17. The Balaban J connectivity index is 2.03. The summed E-state index contributed by atoms with van der Waals surface area (Å²) in [4.78, 5) is 1.98. The van der Waals surface area contributed by atoms with Gasteiger partial charge in [-0.3, -0.25) is 4.90 Å². The molecule has 2 unspecified atom stereocenters. The van der Waals surface area contributed by atoms with Gasteiger partial charge in [0.15, 0.2) is 0 Å². The van der Waals surface area contributed by atoms with E-state index in [4.69, 9.17) is 5.11 Å². The second-order valence-electron chi connectivity index (χ2n) is 3.21. The summed E-state index contributed by atoms with van der Waals surface area (Å²) in [6.07, 6.45) is 2.02. The molecule has 2 bridgehead atoms. The largest absolute Gasteiger partial charge is 0.395 e. The number of fused-ring (bicyclic) bond motifs is 2. The summed E-state index contributed by atoms with van der Waals surface area (Å²) in [6.45, 7) is 1.17. The summed E-state index contributed by atoms with van der Waals surface area (Å²) in [6, 6.07) is 0.267. The predicted molar refractivity (Wildman–Crippen MR) is 36.3 cm³/mol. The van der Waals surface area contributed by atoms with E-state index in [1.54, 1.807) is 0 Å². The lowest BCUT2D eigenvalue weighted by Gasteiger charge is -2.55. The van der Waals surface area contributed by atoms with Crippen LogP contribution in [0.15, 0.2) is 0 Å². The number of aliphatic hydroxyl groups excluding tert-OH is 2. The molecule has 0 amide bonds. The van der Waals surface area contributed by atoms with Crippen LogP contribution >= 0.6 is 0 Å². The average molecular weight is 143 g/mol. The number of hydrogen-bond acceptors (Lipinski definition) is 3. The van der Waals surface area contributed by atoms with Crippen molar-refractivity contribution in [1.82, 2.24) is 4.90 Å². The third kappa shape index (κ3) is 0.654. The van der Waals surface area contributed by atoms with Crippen LogP contribution in [0.3, 0.4) is 0 Å². The molecule has 0 radical (unpaired) electrons. The zero-order chi connectivity index (χ0) is 7.14. The third-order valence-corrected chi connectivity index (χ3v) is 2.78. The minimum absolute atomic E-state index is 0.210. The highest BCUT2D eigenvalue weighted by molar-refractivity contribution is 4.98. The Bertz CT molecular complexity index is 128. The molecule has 3 aliphatic rings. The molecule has 2 N–H and O–H groups in total. The quantitative estimate of drug-likeness (QED) is 0.514. The monoisotopic (exact) mass is 143 g/mol. The van der Waals surface area contributed by atoms with Crippen LogP contribution in [0, 0.1) is 5.92 Å². The molecule has 0 aromatic carbocycles. The molecule has 10 heavy (non-hydrogen) atoms. The molecular formula is C7H13NO2. The van der Waals surface area contributed by atoms with Gasteiger partial charge in [0, 0.05) is 18.5 Å². The maximum Gasteiger partial charge on any atom is 0.112 e. The molecule has 3 heterocycles. The molecule has 3 saturated heterocycles. The van der Waals surface area contributed by atoms with Crippen molar-refractivity contribution in [1.29, 1.82) is 0 Å². The zero-order valence-corrected chi connectivity index (χ0v) is 5.90. The first-order valence-corrected chi connectivity index (χ1v) is 3.89. The highest BCUT2D eigenvalue weighted by Crippen LogP contribution is 2.38. The van der Waals surface area contributed by atoms with Gasteiger partial charge in [-0.2, -0.15) is 0 Å². The van der Waals surface area contributed by atoms with E-state index >= 15 is 0 Å². The van der Waals surface area contributed by atoms with E-state index in [9.17, 15) is 5.11 Å². The van der Waals surface area contributed by atoms with Crippen molar-refractivity contribution in [2.24, 2.45) is 5.92 Å². The van der Waals surface area contributed by atoms with Crippen molar-refractivity contribution in [3.05, 3.63) is 0 Å². The van der Waals surface area contributed by atoms with Gasteiger partial charge in [0.05, 0.1) is 6.61 Å². The molecule has 58 valence electrons. The minimum atomic E-state index is -0.245. The Morgan fingerprint density at radius 2 is 2.30 bits per heavy atom. The van der Waals surface area contributed by atoms with Gasteiger partial charge in [-0.05, 0) is 12.8 Å². The van der Waals surface area contributed by atoms with Crippen LogP contribution in [-0.2, 0) is 0 Å². The van der Waals surface area contributed by atoms with Crippen LogP contribution in [0.4, 0.5) is 0 Å². The minimum Gasteiger partial charge on any atom is -0.395 e. The normalized spacial score (nSPS) is 52.2. The number of nitrogens with zero attached hydrogens (tertiary/aromatic N) is 1. The maximum atomic E-state index is 9.34. The van der Waals surface area contributed by atoms with E-state index < -0.39 is 0 Å². The fourth-order valence-corrected chi connectivity index (χ4v) is 2.17. The van der Waals surface area contributed by atoms with Crippen LogP contribution < -0.4 is 0 Å². The molecule has 3 nitrogen and oxygen atoms in total. The van der Waals surface area contributed by atoms with Gasteiger partial charge in [0.2, 0.25) is 0 Å². The highest BCUT2D eigenvalue weighted by Gasteiger charge is 2.48. The van der Waals surface area contributed by atoms with E-state index in [1.807, 2.05) is 4.90 Å². The highest BCUT2D eigenvalue weighted by atomic mass is 16.3. The van der Waals surface area contributed by atoms with E-state index in [2.05, 4.69) is 0 Å². The molecule has 3 heteroatoms. The van der Waals surface area contributed by atoms with Gasteiger partial charge in [0.25, 0.3) is 0 Å². The molecular weight excluding hydrogens is 130 g/mol. The van der Waals surface area contributed by atoms with Crippen molar-refractivity contribution in [2.75, 3.05) is 13.2 Å². The van der Waals surface area contributed by atoms with Gasteiger partial charge in [-0.15, -0.1) is 0 Å². The van der Waals surface area contributed by atoms with Gasteiger partial charge < -0.3 is 10.2 Å². The lowest BCUT2D eigenvalue weighted by Crippen LogP contribution is -2.68. The number of aliphatic hydroxyl groups is 2. The smallest absolute Gasteiger partial charge is 0.112 e. The van der Waals surface area contributed by atoms with Crippen LogP contribution in [0.25, 0.3) is 0 Å². The molecule has 3 fully saturated rings. The number of rotatable bonds is 1. The number of piperidine rings is 2. The van der Waals surface area contributed by atoms with Crippen molar-refractivity contribution in [3.63, 3.8) is 0 Å². The summed E-state index contributed by atoms with van der Waals surface area (Å²) in [5.74, 6) is 0.360. The Kier molecular flexibility index (Phi) is 1.44. The lowest BCUT2D eigenvalue weighted by molar-refractivity contribution is -0.210. The SMILES string of the molecule is OC[C@@H]1[C@H]2CCCN1C2O. The second-order valence-corrected chi connectivity index (χ2v) is 3.21. The van der Waals surface area contributed by atoms with Crippen LogP contribution in [-0.4, -0.2) is 40.5 Å². The second kappa shape index (κ2) is 2.19. The molecule has 3 rings (SSSR count). The third-order valence-electron chi connectivity index (χ3n) is 2.78. The predicted octanol–water partition coefficient (Wildman–Crippen LogP) is -0.609. The Morgan fingerprint density at radius 1 is 1.50 bits per heavy atom. The summed E-state index contributed by atoms with van der Waals surface area (Å²) < 4.78 is 0. The fraction of sp³-hybridized carbons (Fsp3) is 1.00. The Labute approximate surface area is 60.3 Å². The molecule has 0 aliphatic carbocycles. The summed E-state index contributed by atoms with van der Waals surface area (Å²) in [5.41, 5.74) is 0. The molecule has 3 aliphatic heterocycles. The van der Waals surface area contributed by atoms with E-state index in [0.29, 0.717) is 5.92 Å². The molecule has 0 spiro atoms. The lowest BCUT2D eigenvalue weighted by atomic mass is 9.78. The Morgan fingerprint density at radius 3 is 2.60 bits per heavy atom. The standard InChI is InChI=1S/C7H13NO2/c9-4-6-5-2-1-3-8(6)7(5)10/h5-7,9-10H,1-4H2/t5-,6-,7?/m1/s1. The van der Waals surface area contributed by atoms with Crippen molar-refractivity contribution in [2.45, 2.75) is 25.1 Å². The molecule has 0 saturated carbocycles. The first kappa shape index (κ1) is 6.58. The number of hydrogen-bond donors (Lipinski definition) is 2. The summed E-state index contributed by atoms with van der Waals surface area (Å²) in [7, 11) is 0. The Hall–Kier alpha value is -0.120. The van der Waals surface area contributed by atoms with Gasteiger partial charge in [-0.25, -0.2) is 0 Å². The zero-order valence-electron chi connectivity index (χ0n) is 5.90.